The van der Waals surface area contributed by atoms with Crippen LogP contribution in [0, 0.1) is 11.2 Å². The lowest BCUT2D eigenvalue weighted by Crippen LogP contribution is -2.52. The van der Waals surface area contributed by atoms with E-state index >= 15 is 0 Å². The molecule has 2 aliphatic heterocycles. The zero-order chi connectivity index (χ0) is 27.1. The minimum Gasteiger partial charge on any atom is -0.467 e. The monoisotopic (exact) mass is 528 g/mol. The second kappa shape index (κ2) is 9.91. The molecule has 3 heterocycles. The number of carbonyl (C=O) groups excluding carboxylic acids is 2. The lowest BCUT2D eigenvalue weighted by Gasteiger charge is -2.39. The van der Waals surface area contributed by atoms with E-state index in [1.165, 1.54) is 12.1 Å². The lowest BCUT2D eigenvalue weighted by molar-refractivity contribution is -0.130. The molecule has 1 aliphatic carbocycles. The topological polar surface area (TPSA) is 69.0 Å². The molecule has 2 aromatic carbocycles. The smallest absolute Gasteiger partial charge is 0.242 e. The van der Waals surface area contributed by atoms with Gasteiger partial charge in [-0.2, -0.15) is 0 Å². The molecule has 0 saturated carbocycles. The molecule has 3 aromatic rings. The van der Waals surface area contributed by atoms with Crippen molar-refractivity contribution < 1.29 is 18.4 Å². The SMILES string of the molecule is CC1(C)CC(=O)C2=C(C1)Nc1ccccc1N(CC(=O)N1CCN(c3ccc(F)cc3)CC1)C2c1ccco1. The Morgan fingerprint density at radius 3 is 2.46 bits per heavy atom. The van der Waals surface area contributed by atoms with E-state index in [0.717, 1.165) is 29.2 Å². The van der Waals surface area contributed by atoms with Gasteiger partial charge < -0.3 is 24.4 Å². The van der Waals surface area contributed by atoms with E-state index in [0.29, 0.717) is 43.9 Å². The Labute approximate surface area is 227 Å². The Hall–Kier alpha value is -4.07. The number of halogens is 1. The Balaban J connectivity index is 1.31. The van der Waals surface area contributed by atoms with Crippen LogP contribution in [0.15, 0.2) is 82.6 Å². The van der Waals surface area contributed by atoms with Crippen molar-refractivity contribution in [1.29, 1.82) is 0 Å². The second-order valence-electron chi connectivity index (χ2n) is 11.4. The first-order valence-electron chi connectivity index (χ1n) is 13.5. The number of hydrogen-bond donors (Lipinski definition) is 1. The quantitative estimate of drug-likeness (QED) is 0.490. The van der Waals surface area contributed by atoms with Gasteiger partial charge in [0.2, 0.25) is 5.91 Å². The summed E-state index contributed by atoms with van der Waals surface area (Å²) in [5, 5.41) is 3.57. The van der Waals surface area contributed by atoms with Crippen LogP contribution >= 0.6 is 0 Å². The van der Waals surface area contributed by atoms with Gasteiger partial charge in [0.25, 0.3) is 0 Å². The van der Waals surface area contributed by atoms with Crippen LogP contribution in [0.3, 0.4) is 0 Å². The van der Waals surface area contributed by atoms with Gasteiger partial charge in [-0.25, -0.2) is 4.39 Å². The van der Waals surface area contributed by atoms with Gasteiger partial charge in [-0.3, -0.25) is 9.59 Å². The van der Waals surface area contributed by atoms with E-state index < -0.39 is 6.04 Å². The Kier molecular flexibility index (Phi) is 6.41. The number of rotatable bonds is 4. The first-order chi connectivity index (χ1) is 18.8. The number of para-hydroxylation sites is 2. The molecule has 7 nitrogen and oxygen atoms in total. The van der Waals surface area contributed by atoms with Crippen molar-refractivity contribution >= 4 is 28.8 Å². The largest absolute Gasteiger partial charge is 0.467 e. The van der Waals surface area contributed by atoms with E-state index in [2.05, 4.69) is 24.1 Å². The summed E-state index contributed by atoms with van der Waals surface area (Å²) in [5.41, 5.74) is 4.09. The standard InChI is InChI=1S/C31H33FN4O3/c1-31(2)18-24-29(26(37)19-31)30(27-8-5-17-39-27)36(25-7-4-3-6-23(25)33-24)20-28(38)35-15-13-34(14-16-35)22-11-9-21(32)10-12-22/h3-12,17,30,33H,13-16,18-20H2,1-2H3. The van der Waals surface area contributed by atoms with Gasteiger partial charge in [0, 0.05) is 49.6 Å². The van der Waals surface area contributed by atoms with Crippen molar-refractivity contribution in [3.63, 3.8) is 0 Å². The van der Waals surface area contributed by atoms with Crippen LogP contribution in [0.2, 0.25) is 0 Å². The summed E-state index contributed by atoms with van der Waals surface area (Å²) in [6.07, 6.45) is 2.78. The van der Waals surface area contributed by atoms with Crippen LogP contribution < -0.4 is 15.1 Å². The first-order valence-corrected chi connectivity index (χ1v) is 13.5. The van der Waals surface area contributed by atoms with Crippen LogP contribution in [0.25, 0.3) is 0 Å². The number of amides is 1. The molecule has 1 atom stereocenters. The van der Waals surface area contributed by atoms with Gasteiger partial charge >= 0.3 is 0 Å². The number of Topliss-reactive ketones (excluding diaryl/α,β-unsaturated/α-hetero) is 1. The highest BCUT2D eigenvalue weighted by Gasteiger charge is 2.43. The molecule has 0 spiro atoms. The number of allylic oxidation sites excluding steroid dienone is 1. The lowest BCUT2D eigenvalue weighted by atomic mass is 9.74. The summed E-state index contributed by atoms with van der Waals surface area (Å²) in [4.78, 5) is 33.6. The first kappa shape index (κ1) is 25.2. The van der Waals surface area contributed by atoms with Gasteiger partial charge in [-0.05, 0) is 60.4 Å². The number of carbonyl (C=O) groups is 2. The van der Waals surface area contributed by atoms with Gasteiger partial charge in [0.15, 0.2) is 5.78 Å². The van der Waals surface area contributed by atoms with Crippen LogP contribution in [-0.2, 0) is 9.59 Å². The van der Waals surface area contributed by atoms with E-state index in [4.69, 9.17) is 4.42 Å². The zero-order valence-electron chi connectivity index (χ0n) is 22.3. The highest BCUT2D eigenvalue weighted by molar-refractivity contribution is 6.01. The van der Waals surface area contributed by atoms with Crippen molar-refractivity contribution in [2.24, 2.45) is 5.41 Å². The third-order valence-electron chi connectivity index (χ3n) is 7.95. The molecule has 3 aliphatic rings. The van der Waals surface area contributed by atoms with Crippen LogP contribution in [0.4, 0.5) is 21.5 Å². The molecule has 202 valence electrons. The fourth-order valence-electron chi connectivity index (χ4n) is 6.08. The molecule has 0 bridgehead atoms. The molecule has 1 fully saturated rings. The highest BCUT2D eigenvalue weighted by atomic mass is 19.1. The zero-order valence-corrected chi connectivity index (χ0v) is 22.3. The molecule has 39 heavy (non-hydrogen) atoms. The molecule has 1 amide bonds. The number of anilines is 3. The maximum absolute atomic E-state index is 13.8. The molecule has 1 unspecified atom stereocenters. The summed E-state index contributed by atoms with van der Waals surface area (Å²) in [7, 11) is 0. The van der Waals surface area contributed by atoms with E-state index in [9.17, 15) is 14.0 Å². The third kappa shape index (κ3) is 4.91. The van der Waals surface area contributed by atoms with E-state index in [-0.39, 0.29) is 29.5 Å². The number of furan rings is 1. The molecule has 8 heteroatoms. The number of fused-ring (bicyclic) bond motifs is 1. The number of piperazine rings is 1. The highest BCUT2D eigenvalue weighted by Crippen LogP contribution is 2.48. The summed E-state index contributed by atoms with van der Waals surface area (Å²) < 4.78 is 19.3. The molecule has 6 rings (SSSR count). The van der Waals surface area contributed by atoms with Crippen molar-refractivity contribution in [3.05, 3.63) is 89.8 Å². The predicted molar refractivity (Wildman–Crippen MR) is 149 cm³/mol. The minimum absolute atomic E-state index is 0.00671. The maximum atomic E-state index is 13.8. The Bertz CT molecular complexity index is 1410. The number of nitrogens with zero attached hydrogens (tertiary/aromatic N) is 3. The maximum Gasteiger partial charge on any atom is 0.242 e. The summed E-state index contributed by atoms with van der Waals surface area (Å²) in [6.45, 7) is 6.80. The van der Waals surface area contributed by atoms with Crippen molar-refractivity contribution in [3.8, 4) is 0 Å². The van der Waals surface area contributed by atoms with Gasteiger partial charge in [0.05, 0.1) is 24.2 Å². The van der Waals surface area contributed by atoms with Crippen LogP contribution in [0.5, 0.6) is 0 Å². The van der Waals surface area contributed by atoms with Gasteiger partial charge in [0.1, 0.15) is 17.6 Å². The predicted octanol–water partition coefficient (Wildman–Crippen LogP) is 5.38. The molecular weight excluding hydrogens is 495 g/mol. The molecule has 0 radical (unpaired) electrons. The molecule has 1 aromatic heterocycles. The number of nitrogens with one attached hydrogen (secondary N) is 1. The number of benzene rings is 2. The van der Waals surface area contributed by atoms with Gasteiger partial charge in [-0.1, -0.05) is 26.0 Å². The third-order valence-corrected chi connectivity index (χ3v) is 7.95. The summed E-state index contributed by atoms with van der Waals surface area (Å²) >= 11 is 0. The molecule has 1 N–H and O–H groups in total. The average Bonchev–Trinajstić information content (AvgIpc) is 3.40. The fraction of sp³-hybridized carbons (Fsp3) is 0.355. The summed E-state index contributed by atoms with van der Waals surface area (Å²) in [5.74, 6) is 0.452. The van der Waals surface area contributed by atoms with Crippen LogP contribution in [0.1, 0.15) is 38.5 Å². The average molecular weight is 529 g/mol. The van der Waals surface area contributed by atoms with Crippen molar-refractivity contribution in [1.82, 2.24) is 4.90 Å². The summed E-state index contributed by atoms with van der Waals surface area (Å²) in [6, 6.07) is 17.6. The Morgan fingerprint density at radius 1 is 1.00 bits per heavy atom. The van der Waals surface area contributed by atoms with Gasteiger partial charge in [-0.15, -0.1) is 0 Å². The number of hydrogen-bond acceptors (Lipinski definition) is 6. The normalized spacial score (nSPS) is 20.7. The van der Waals surface area contributed by atoms with E-state index in [1.807, 2.05) is 46.2 Å². The minimum atomic E-state index is -0.515. The fourth-order valence-corrected chi connectivity index (χ4v) is 6.08. The molecular formula is C31H33FN4O3. The number of ketones is 1. The van der Waals surface area contributed by atoms with Crippen molar-refractivity contribution in [2.75, 3.05) is 47.8 Å². The second-order valence-corrected chi connectivity index (χ2v) is 11.4. The van der Waals surface area contributed by atoms with E-state index in [1.54, 1.807) is 18.4 Å². The van der Waals surface area contributed by atoms with Crippen molar-refractivity contribution in [2.45, 2.75) is 32.7 Å². The molecule has 1 saturated heterocycles. The van der Waals surface area contributed by atoms with Crippen LogP contribution in [-0.4, -0.2) is 49.3 Å². The Morgan fingerprint density at radius 2 is 1.74 bits per heavy atom.